The predicted octanol–water partition coefficient (Wildman–Crippen LogP) is -0.275. The number of Topliss-reactive ketones (excluding diaryl/α,β-unsaturated/α-hetero) is 1. The van der Waals surface area contributed by atoms with Crippen molar-refractivity contribution in [3.63, 3.8) is 0 Å². The molecule has 0 spiro atoms. The van der Waals surface area contributed by atoms with E-state index in [0.717, 1.165) is 5.06 Å². The first-order valence-corrected chi connectivity index (χ1v) is 5.54. The summed E-state index contributed by atoms with van der Waals surface area (Å²) in [6, 6.07) is -1.97. The van der Waals surface area contributed by atoms with Gasteiger partial charge in [-0.1, -0.05) is 6.08 Å². The van der Waals surface area contributed by atoms with Crippen LogP contribution in [-0.4, -0.2) is 60.1 Å². The van der Waals surface area contributed by atoms with Crippen molar-refractivity contribution in [1.29, 1.82) is 0 Å². The predicted molar refractivity (Wildman–Crippen MR) is 59.3 cm³/mol. The summed E-state index contributed by atoms with van der Waals surface area (Å²) in [6.45, 7) is 3.76. The molecule has 2 amide bonds. The highest BCUT2D eigenvalue weighted by Crippen LogP contribution is 2.28. The average Bonchev–Trinajstić information content (AvgIpc) is 2.65. The molecule has 2 heterocycles. The smallest absolute Gasteiger partial charge is 0.345 e. The Morgan fingerprint density at radius 1 is 1.56 bits per heavy atom. The number of ether oxygens (including phenoxy) is 1. The zero-order valence-corrected chi connectivity index (χ0v) is 10.00. The quantitative estimate of drug-likeness (QED) is 0.509. The SMILES string of the molecule is C=CCON1C(=O)N2C[C@H]1C(=O)C[C@H]2C(=O)OC. The van der Waals surface area contributed by atoms with E-state index < -0.39 is 24.1 Å². The van der Waals surface area contributed by atoms with Crippen LogP contribution in [0, 0.1) is 0 Å². The minimum atomic E-state index is -0.844. The first kappa shape index (κ1) is 12.6. The summed E-state index contributed by atoms with van der Waals surface area (Å²) in [5, 5.41) is 1.02. The van der Waals surface area contributed by atoms with E-state index in [-0.39, 0.29) is 25.4 Å². The topological polar surface area (TPSA) is 76.2 Å². The number of rotatable bonds is 4. The van der Waals surface area contributed by atoms with Crippen LogP contribution in [0.25, 0.3) is 0 Å². The number of ketones is 1. The summed E-state index contributed by atoms with van der Waals surface area (Å²) in [7, 11) is 1.23. The van der Waals surface area contributed by atoms with Crippen molar-refractivity contribution in [2.45, 2.75) is 18.5 Å². The van der Waals surface area contributed by atoms with Crippen molar-refractivity contribution in [2.75, 3.05) is 20.3 Å². The fourth-order valence-corrected chi connectivity index (χ4v) is 2.15. The lowest BCUT2D eigenvalue weighted by atomic mass is 9.99. The lowest BCUT2D eigenvalue weighted by Gasteiger charge is -2.27. The molecule has 0 aromatic rings. The molecule has 0 radical (unpaired) electrons. The summed E-state index contributed by atoms with van der Waals surface area (Å²) in [5.41, 5.74) is 0. The van der Waals surface area contributed by atoms with Gasteiger partial charge in [0.25, 0.3) is 0 Å². The average molecular weight is 254 g/mol. The maximum absolute atomic E-state index is 12.0. The molecule has 2 aliphatic rings. The van der Waals surface area contributed by atoms with E-state index in [9.17, 15) is 14.4 Å². The van der Waals surface area contributed by atoms with Crippen LogP contribution in [-0.2, 0) is 19.2 Å². The van der Waals surface area contributed by atoms with E-state index in [1.54, 1.807) is 0 Å². The summed E-state index contributed by atoms with van der Waals surface area (Å²) in [6.07, 6.45) is 1.45. The minimum absolute atomic E-state index is 0.0307. The maximum Gasteiger partial charge on any atom is 0.345 e. The van der Waals surface area contributed by atoms with Crippen molar-refractivity contribution in [3.8, 4) is 0 Å². The molecule has 0 unspecified atom stereocenters. The molecule has 0 aliphatic carbocycles. The van der Waals surface area contributed by atoms with Crippen LogP contribution >= 0.6 is 0 Å². The fourth-order valence-electron chi connectivity index (χ4n) is 2.15. The van der Waals surface area contributed by atoms with Crippen molar-refractivity contribution in [2.24, 2.45) is 0 Å². The van der Waals surface area contributed by atoms with Gasteiger partial charge in [0.1, 0.15) is 12.1 Å². The summed E-state index contributed by atoms with van der Waals surface area (Å²) in [4.78, 5) is 41.9. The Labute approximate surface area is 104 Å². The van der Waals surface area contributed by atoms with Gasteiger partial charge in [0.2, 0.25) is 0 Å². The Bertz CT molecular complexity index is 408. The number of hydroxylamine groups is 2. The highest BCUT2D eigenvalue weighted by molar-refractivity contribution is 5.99. The van der Waals surface area contributed by atoms with Gasteiger partial charge in [-0.2, -0.15) is 5.06 Å². The van der Waals surface area contributed by atoms with E-state index in [1.165, 1.54) is 18.1 Å². The second kappa shape index (κ2) is 4.77. The Balaban J connectivity index is 2.19. The fraction of sp³-hybridized carbons (Fsp3) is 0.545. The van der Waals surface area contributed by atoms with Crippen LogP contribution in [0.15, 0.2) is 12.7 Å². The van der Waals surface area contributed by atoms with Crippen LogP contribution in [0.1, 0.15) is 6.42 Å². The molecule has 0 saturated carbocycles. The van der Waals surface area contributed by atoms with Gasteiger partial charge in [-0.25, -0.2) is 9.59 Å². The van der Waals surface area contributed by atoms with E-state index in [4.69, 9.17) is 4.84 Å². The van der Waals surface area contributed by atoms with Gasteiger partial charge < -0.3 is 9.64 Å². The van der Waals surface area contributed by atoms with Crippen LogP contribution < -0.4 is 0 Å². The molecule has 2 atom stereocenters. The van der Waals surface area contributed by atoms with Crippen molar-refractivity contribution in [3.05, 3.63) is 12.7 Å². The number of methoxy groups -OCH3 is 1. The van der Waals surface area contributed by atoms with Crippen molar-refractivity contribution in [1.82, 2.24) is 9.96 Å². The summed E-state index contributed by atoms with van der Waals surface area (Å²) in [5.74, 6) is -0.780. The van der Waals surface area contributed by atoms with Crippen LogP contribution in [0.2, 0.25) is 0 Å². The molecule has 7 nitrogen and oxygen atoms in total. The third kappa shape index (κ3) is 1.86. The third-order valence-corrected chi connectivity index (χ3v) is 3.03. The van der Waals surface area contributed by atoms with E-state index in [1.807, 2.05) is 0 Å². The Morgan fingerprint density at radius 3 is 2.89 bits per heavy atom. The maximum atomic E-state index is 12.0. The summed E-state index contributed by atoms with van der Waals surface area (Å²) >= 11 is 0. The molecule has 2 aliphatic heterocycles. The number of amides is 2. The molecule has 2 fully saturated rings. The van der Waals surface area contributed by atoms with Gasteiger partial charge in [-0.3, -0.25) is 9.63 Å². The zero-order valence-electron chi connectivity index (χ0n) is 10.00. The monoisotopic (exact) mass is 254 g/mol. The number of hydrogen-bond donors (Lipinski definition) is 0. The Hall–Kier alpha value is -1.89. The number of esters is 1. The van der Waals surface area contributed by atoms with Crippen LogP contribution in [0.3, 0.4) is 0 Å². The number of fused-ring (bicyclic) bond motifs is 2. The molecule has 0 N–H and O–H groups in total. The van der Waals surface area contributed by atoms with Crippen molar-refractivity contribution < 1.29 is 24.0 Å². The molecule has 2 bridgehead atoms. The second-order valence-corrected chi connectivity index (χ2v) is 4.07. The highest BCUT2D eigenvalue weighted by Gasteiger charge is 2.52. The van der Waals surface area contributed by atoms with E-state index in [2.05, 4.69) is 11.3 Å². The highest BCUT2D eigenvalue weighted by atomic mass is 16.7. The first-order chi connectivity index (χ1) is 8.60. The molecular formula is C11H14N2O5. The Kier molecular flexibility index (Phi) is 3.33. The number of hydrogen-bond acceptors (Lipinski definition) is 5. The first-order valence-electron chi connectivity index (χ1n) is 5.54. The molecule has 0 aromatic heterocycles. The lowest BCUT2D eigenvalue weighted by molar-refractivity contribution is -0.152. The number of piperidine rings is 1. The molecule has 7 heteroatoms. The van der Waals surface area contributed by atoms with Crippen LogP contribution in [0.4, 0.5) is 4.79 Å². The van der Waals surface area contributed by atoms with Crippen LogP contribution in [0.5, 0.6) is 0 Å². The van der Waals surface area contributed by atoms with Gasteiger partial charge >= 0.3 is 12.0 Å². The van der Waals surface area contributed by atoms with E-state index in [0.29, 0.717) is 0 Å². The molecule has 18 heavy (non-hydrogen) atoms. The number of carbonyl (C=O) groups is 3. The van der Waals surface area contributed by atoms with Gasteiger partial charge in [-0.05, 0) is 0 Å². The zero-order chi connectivity index (χ0) is 13.3. The normalized spacial score (nSPS) is 26.5. The largest absolute Gasteiger partial charge is 0.467 e. The molecule has 2 rings (SSSR count). The molecular weight excluding hydrogens is 240 g/mol. The van der Waals surface area contributed by atoms with Gasteiger partial charge in [-0.15, -0.1) is 6.58 Å². The molecule has 2 saturated heterocycles. The van der Waals surface area contributed by atoms with Gasteiger partial charge in [0.05, 0.1) is 20.3 Å². The number of nitrogens with zero attached hydrogens (tertiary/aromatic N) is 2. The lowest BCUT2D eigenvalue weighted by Crippen LogP contribution is -2.49. The third-order valence-electron chi connectivity index (χ3n) is 3.03. The Morgan fingerprint density at radius 2 is 2.28 bits per heavy atom. The number of carbonyl (C=O) groups excluding carboxylic acids is 3. The van der Waals surface area contributed by atoms with E-state index >= 15 is 0 Å². The molecule has 98 valence electrons. The van der Waals surface area contributed by atoms with Gasteiger partial charge in [0, 0.05) is 6.42 Å². The minimum Gasteiger partial charge on any atom is -0.467 e. The summed E-state index contributed by atoms with van der Waals surface area (Å²) < 4.78 is 4.59. The standard InChI is InChI=1S/C11H14N2O5/c1-3-4-18-13-8-6-12(11(13)16)7(5-9(8)14)10(15)17-2/h3,7-8H,1,4-6H2,2H3/t7-,8-/m0/s1. The second-order valence-electron chi connectivity index (χ2n) is 4.07. The van der Waals surface area contributed by atoms with Gasteiger partial charge in [0.15, 0.2) is 5.78 Å². The van der Waals surface area contributed by atoms with Crippen molar-refractivity contribution >= 4 is 17.8 Å². The number of urea groups is 1. The molecule has 0 aromatic carbocycles.